The number of fused-ring (bicyclic) bond motifs is 1. The average molecular weight is 286 g/mol. The molecule has 1 aliphatic carbocycles. The number of amides is 1. The second-order valence-corrected chi connectivity index (χ2v) is 6.55. The highest BCUT2D eigenvalue weighted by Gasteiger charge is 2.22. The van der Waals surface area contributed by atoms with Gasteiger partial charge in [0.1, 0.15) is 0 Å². The lowest BCUT2D eigenvalue weighted by atomic mass is 9.99. The Balaban J connectivity index is 1.57. The fourth-order valence-electron chi connectivity index (χ4n) is 3.67. The molecule has 1 aromatic rings. The lowest BCUT2D eigenvalue weighted by molar-refractivity contribution is -0.129. The van der Waals surface area contributed by atoms with Crippen molar-refractivity contribution in [3.8, 4) is 0 Å². The van der Waals surface area contributed by atoms with Crippen molar-refractivity contribution in [2.24, 2.45) is 0 Å². The van der Waals surface area contributed by atoms with E-state index in [2.05, 4.69) is 30.4 Å². The van der Waals surface area contributed by atoms with E-state index in [9.17, 15) is 4.79 Å². The van der Waals surface area contributed by atoms with Crippen molar-refractivity contribution in [1.29, 1.82) is 0 Å². The van der Waals surface area contributed by atoms with Gasteiger partial charge in [0.05, 0.1) is 0 Å². The highest BCUT2D eigenvalue weighted by Crippen LogP contribution is 2.26. The summed E-state index contributed by atoms with van der Waals surface area (Å²) < 4.78 is 0. The Morgan fingerprint density at radius 3 is 2.67 bits per heavy atom. The smallest absolute Gasteiger partial charge is 0.219 e. The number of piperidine rings is 1. The van der Waals surface area contributed by atoms with Gasteiger partial charge in [-0.2, -0.15) is 0 Å². The van der Waals surface area contributed by atoms with E-state index in [1.807, 2.05) is 4.90 Å². The van der Waals surface area contributed by atoms with Gasteiger partial charge in [-0.3, -0.25) is 4.79 Å². The van der Waals surface area contributed by atoms with Gasteiger partial charge >= 0.3 is 0 Å². The van der Waals surface area contributed by atoms with Crippen LogP contribution in [0.5, 0.6) is 0 Å². The predicted octanol–water partition coefficient (Wildman–Crippen LogP) is 2.84. The van der Waals surface area contributed by atoms with E-state index >= 15 is 0 Å². The van der Waals surface area contributed by atoms with Gasteiger partial charge in [0, 0.05) is 32.1 Å². The first-order valence-corrected chi connectivity index (χ1v) is 8.27. The Bertz CT molecular complexity index is 518. The molecule has 3 heteroatoms. The van der Waals surface area contributed by atoms with Crippen LogP contribution in [-0.4, -0.2) is 29.9 Å². The van der Waals surface area contributed by atoms with Crippen LogP contribution < -0.4 is 5.32 Å². The third-order valence-electron chi connectivity index (χ3n) is 5.05. The summed E-state index contributed by atoms with van der Waals surface area (Å²) in [5, 5.41) is 3.75. The standard InChI is InChI=1S/C18H26N2O/c1-13(16-7-6-15-4-3-5-17(15)12-16)19-18-8-10-20(11-9-18)14(2)21/h6-7,12-13,18-19H,3-5,8-11H2,1-2H3. The minimum atomic E-state index is 0.208. The van der Waals surface area contributed by atoms with Gasteiger partial charge in [-0.25, -0.2) is 0 Å². The molecule has 0 saturated carbocycles. The van der Waals surface area contributed by atoms with Crippen LogP contribution in [0.2, 0.25) is 0 Å². The first-order valence-electron chi connectivity index (χ1n) is 8.27. The second-order valence-electron chi connectivity index (χ2n) is 6.55. The number of carbonyl (C=O) groups is 1. The first-order chi connectivity index (χ1) is 10.1. The van der Waals surface area contributed by atoms with Gasteiger partial charge in [0.15, 0.2) is 0 Å². The van der Waals surface area contributed by atoms with Gasteiger partial charge in [0.25, 0.3) is 0 Å². The molecule has 21 heavy (non-hydrogen) atoms. The molecule has 0 aromatic heterocycles. The zero-order chi connectivity index (χ0) is 14.8. The summed E-state index contributed by atoms with van der Waals surface area (Å²) in [5.74, 6) is 0.208. The third-order valence-corrected chi connectivity index (χ3v) is 5.05. The largest absolute Gasteiger partial charge is 0.343 e. The number of benzene rings is 1. The Hall–Kier alpha value is -1.35. The molecule has 0 spiro atoms. The molecule has 3 nitrogen and oxygen atoms in total. The number of carbonyl (C=O) groups excluding carboxylic acids is 1. The summed E-state index contributed by atoms with van der Waals surface area (Å²) in [7, 11) is 0. The van der Waals surface area contributed by atoms with Crippen LogP contribution in [0.25, 0.3) is 0 Å². The number of rotatable bonds is 3. The van der Waals surface area contributed by atoms with Crippen molar-refractivity contribution in [2.45, 2.75) is 58.0 Å². The molecule has 1 aliphatic heterocycles. The molecule has 2 aliphatic rings. The molecule has 0 radical (unpaired) electrons. The maximum absolute atomic E-state index is 11.4. The molecule has 1 atom stereocenters. The van der Waals surface area contributed by atoms with Crippen LogP contribution in [0.3, 0.4) is 0 Å². The van der Waals surface area contributed by atoms with E-state index in [0.717, 1.165) is 25.9 Å². The Labute approximate surface area is 127 Å². The molecular weight excluding hydrogens is 260 g/mol. The zero-order valence-corrected chi connectivity index (χ0v) is 13.2. The van der Waals surface area contributed by atoms with Gasteiger partial charge in [-0.1, -0.05) is 18.2 Å². The van der Waals surface area contributed by atoms with Gasteiger partial charge in [-0.15, -0.1) is 0 Å². The minimum Gasteiger partial charge on any atom is -0.343 e. The summed E-state index contributed by atoms with van der Waals surface area (Å²) in [5.41, 5.74) is 4.50. The van der Waals surface area contributed by atoms with E-state index in [-0.39, 0.29) is 5.91 Å². The van der Waals surface area contributed by atoms with Crippen molar-refractivity contribution in [3.05, 3.63) is 34.9 Å². The van der Waals surface area contributed by atoms with Crippen LogP contribution in [0.15, 0.2) is 18.2 Å². The summed E-state index contributed by atoms with van der Waals surface area (Å²) >= 11 is 0. The lowest BCUT2D eigenvalue weighted by Crippen LogP contribution is -2.44. The zero-order valence-electron chi connectivity index (χ0n) is 13.2. The number of aryl methyl sites for hydroxylation is 2. The molecule has 1 fully saturated rings. The molecular formula is C18H26N2O. The maximum atomic E-state index is 11.4. The number of hydrogen-bond acceptors (Lipinski definition) is 2. The monoisotopic (exact) mass is 286 g/mol. The fraction of sp³-hybridized carbons (Fsp3) is 0.611. The summed E-state index contributed by atoms with van der Waals surface area (Å²) in [6.45, 7) is 5.71. The third kappa shape index (κ3) is 3.29. The van der Waals surface area contributed by atoms with Crippen LogP contribution in [0.1, 0.15) is 55.8 Å². The van der Waals surface area contributed by atoms with Crippen molar-refractivity contribution in [3.63, 3.8) is 0 Å². The average Bonchev–Trinajstić information content (AvgIpc) is 2.95. The number of nitrogens with one attached hydrogen (secondary N) is 1. The van der Waals surface area contributed by atoms with E-state index in [1.165, 1.54) is 24.8 Å². The minimum absolute atomic E-state index is 0.208. The van der Waals surface area contributed by atoms with E-state index in [4.69, 9.17) is 0 Å². The molecule has 1 aromatic carbocycles. The number of likely N-dealkylation sites (tertiary alicyclic amines) is 1. The molecule has 1 amide bonds. The van der Waals surface area contributed by atoms with Crippen LogP contribution in [0.4, 0.5) is 0 Å². The molecule has 3 rings (SSSR count). The highest BCUT2D eigenvalue weighted by atomic mass is 16.2. The van der Waals surface area contributed by atoms with Gasteiger partial charge < -0.3 is 10.2 Å². The summed E-state index contributed by atoms with van der Waals surface area (Å²) in [6, 6.07) is 7.92. The molecule has 1 heterocycles. The molecule has 1 unspecified atom stereocenters. The van der Waals surface area contributed by atoms with E-state index < -0.39 is 0 Å². The van der Waals surface area contributed by atoms with Crippen molar-refractivity contribution < 1.29 is 4.79 Å². The highest BCUT2D eigenvalue weighted by molar-refractivity contribution is 5.73. The Morgan fingerprint density at radius 1 is 1.24 bits per heavy atom. The van der Waals surface area contributed by atoms with Crippen LogP contribution in [0, 0.1) is 0 Å². The van der Waals surface area contributed by atoms with Crippen LogP contribution >= 0.6 is 0 Å². The van der Waals surface area contributed by atoms with Crippen LogP contribution in [-0.2, 0) is 17.6 Å². The Morgan fingerprint density at radius 2 is 1.95 bits per heavy atom. The predicted molar refractivity (Wildman–Crippen MR) is 85.3 cm³/mol. The Kier molecular flexibility index (Phi) is 4.29. The maximum Gasteiger partial charge on any atom is 0.219 e. The first kappa shape index (κ1) is 14.6. The molecule has 0 bridgehead atoms. The number of hydrogen-bond donors (Lipinski definition) is 1. The van der Waals surface area contributed by atoms with Crippen molar-refractivity contribution in [1.82, 2.24) is 10.2 Å². The lowest BCUT2D eigenvalue weighted by Gasteiger charge is -2.33. The topological polar surface area (TPSA) is 32.3 Å². The van der Waals surface area contributed by atoms with E-state index in [0.29, 0.717) is 12.1 Å². The quantitative estimate of drug-likeness (QED) is 0.926. The fourth-order valence-corrected chi connectivity index (χ4v) is 3.67. The van der Waals surface area contributed by atoms with Crippen molar-refractivity contribution >= 4 is 5.91 Å². The summed E-state index contributed by atoms with van der Waals surface area (Å²) in [6.07, 6.45) is 5.93. The van der Waals surface area contributed by atoms with Gasteiger partial charge in [0.2, 0.25) is 5.91 Å². The molecule has 1 saturated heterocycles. The second kappa shape index (κ2) is 6.18. The SMILES string of the molecule is CC(=O)N1CCC(NC(C)c2ccc3c(c2)CCC3)CC1. The van der Waals surface area contributed by atoms with Crippen molar-refractivity contribution in [2.75, 3.05) is 13.1 Å². The molecule has 114 valence electrons. The van der Waals surface area contributed by atoms with E-state index in [1.54, 1.807) is 18.1 Å². The molecule has 1 N–H and O–H groups in total. The number of nitrogens with zero attached hydrogens (tertiary/aromatic N) is 1. The summed E-state index contributed by atoms with van der Waals surface area (Å²) in [4.78, 5) is 13.3. The normalized spacial score (nSPS) is 20.4. The van der Waals surface area contributed by atoms with Gasteiger partial charge in [-0.05, 0) is 55.7 Å².